The quantitative estimate of drug-likeness (QED) is 0.556. The summed E-state index contributed by atoms with van der Waals surface area (Å²) < 4.78 is 1.41. The van der Waals surface area contributed by atoms with Crippen molar-refractivity contribution in [1.29, 1.82) is 0 Å². The number of nitrogens with one attached hydrogen (secondary N) is 2. The van der Waals surface area contributed by atoms with Gasteiger partial charge in [0, 0.05) is 18.7 Å². The normalized spacial score (nSPS) is 10.3. The van der Waals surface area contributed by atoms with Crippen molar-refractivity contribution in [3.05, 3.63) is 39.8 Å². The molecule has 0 aliphatic rings. The molecule has 0 unspecified atom stereocenters. The first-order chi connectivity index (χ1) is 9.92. The van der Waals surface area contributed by atoms with Crippen LogP contribution in [-0.2, 0) is 6.54 Å². The van der Waals surface area contributed by atoms with Gasteiger partial charge in [0.05, 0.1) is 11.1 Å². The zero-order valence-electron chi connectivity index (χ0n) is 10.9. The van der Waals surface area contributed by atoms with E-state index in [1.807, 2.05) is 0 Å². The monoisotopic (exact) mass is 293 g/mol. The number of carbonyl (C=O) groups is 2. The number of rotatable bonds is 5. The lowest BCUT2D eigenvalue weighted by Gasteiger charge is -2.04. The van der Waals surface area contributed by atoms with Gasteiger partial charge in [-0.15, -0.1) is 0 Å². The molecule has 0 bridgehead atoms. The lowest BCUT2D eigenvalue weighted by atomic mass is 10.3. The van der Waals surface area contributed by atoms with Gasteiger partial charge in [0.25, 0.3) is 11.6 Å². The zero-order chi connectivity index (χ0) is 15.6. The molecule has 110 valence electrons. The Balaban J connectivity index is 2.23. The Bertz CT molecular complexity index is 716. The number of hydrogen-bond acceptors (Lipinski definition) is 5. The van der Waals surface area contributed by atoms with E-state index in [1.54, 1.807) is 6.92 Å². The smallest absolute Gasteiger partial charge is 0.353 e. The van der Waals surface area contributed by atoms with Crippen molar-refractivity contribution in [2.75, 3.05) is 5.32 Å². The molecule has 0 radical (unpaired) electrons. The third-order valence-electron chi connectivity index (χ3n) is 2.72. The van der Waals surface area contributed by atoms with Crippen LogP contribution in [0.5, 0.6) is 0 Å². The highest BCUT2D eigenvalue weighted by molar-refractivity contribution is 6.03. The second kappa shape index (κ2) is 5.45. The molecule has 0 aliphatic carbocycles. The second-order valence-electron chi connectivity index (χ2n) is 4.05. The summed E-state index contributed by atoms with van der Waals surface area (Å²) in [5, 5.41) is 27.7. The van der Waals surface area contributed by atoms with E-state index in [0.717, 1.165) is 12.1 Å². The number of H-pyrrole nitrogens is 1. The summed E-state index contributed by atoms with van der Waals surface area (Å²) in [6.45, 7) is 2.11. The van der Waals surface area contributed by atoms with Crippen LogP contribution >= 0.6 is 0 Å². The van der Waals surface area contributed by atoms with Crippen molar-refractivity contribution in [2.45, 2.75) is 13.5 Å². The third kappa shape index (κ3) is 2.88. The van der Waals surface area contributed by atoms with Crippen molar-refractivity contribution < 1.29 is 19.6 Å². The Kier molecular flexibility index (Phi) is 3.69. The minimum absolute atomic E-state index is 0.0175. The van der Waals surface area contributed by atoms with Gasteiger partial charge in [-0.2, -0.15) is 5.10 Å². The molecule has 0 aliphatic heterocycles. The molecule has 3 N–H and O–H groups in total. The summed E-state index contributed by atoms with van der Waals surface area (Å²) >= 11 is 0. The van der Waals surface area contributed by atoms with E-state index in [1.165, 1.54) is 10.8 Å². The minimum Gasteiger partial charge on any atom is -0.477 e. The topological polar surface area (TPSA) is 143 Å². The van der Waals surface area contributed by atoms with Gasteiger partial charge in [0.2, 0.25) is 0 Å². The van der Waals surface area contributed by atoms with Gasteiger partial charge in [0.1, 0.15) is 11.4 Å². The Morgan fingerprint density at radius 1 is 1.52 bits per heavy atom. The van der Waals surface area contributed by atoms with Gasteiger partial charge in [-0.1, -0.05) is 0 Å². The number of carboxylic acid groups (broad SMARTS) is 1. The molecule has 10 heteroatoms. The Hall–Kier alpha value is -3.17. The highest BCUT2D eigenvalue weighted by Gasteiger charge is 2.19. The summed E-state index contributed by atoms with van der Waals surface area (Å²) in [5.74, 6) is -1.81. The van der Waals surface area contributed by atoms with E-state index < -0.39 is 16.8 Å². The highest BCUT2D eigenvalue weighted by Crippen LogP contribution is 2.17. The van der Waals surface area contributed by atoms with E-state index >= 15 is 0 Å². The molecule has 2 heterocycles. The Labute approximate surface area is 117 Å². The molecular weight excluding hydrogens is 282 g/mol. The molecular formula is C11H11N5O5. The summed E-state index contributed by atoms with van der Waals surface area (Å²) in [4.78, 5) is 32.9. The summed E-state index contributed by atoms with van der Waals surface area (Å²) in [5.41, 5.74) is -0.290. The molecule has 0 saturated carbocycles. The van der Waals surface area contributed by atoms with Crippen LogP contribution in [0.15, 0.2) is 18.3 Å². The summed E-state index contributed by atoms with van der Waals surface area (Å²) in [7, 11) is 0. The number of amides is 1. The third-order valence-corrected chi connectivity index (χ3v) is 2.72. The fraction of sp³-hybridized carbons (Fsp3) is 0.182. The zero-order valence-corrected chi connectivity index (χ0v) is 10.9. The molecule has 0 fully saturated rings. The first kappa shape index (κ1) is 14.2. The number of aromatic carboxylic acids is 1. The van der Waals surface area contributed by atoms with Crippen molar-refractivity contribution >= 4 is 23.4 Å². The van der Waals surface area contributed by atoms with E-state index in [0.29, 0.717) is 6.54 Å². The SMILES string of the molecule is CCn1cc([N+](=O)[O-])cc1C(=O)Nc1cc(C(=O)O)[nH]n1. The van der Waals surface area contributed by atoms with E-state index in [4.69, 9.17) is 5.11 Å². The molecule has 0 atom stereocenters. The fourth-order valence-electron chi connectivity index (χ4n) is 1.72. The minimum atomic E-state index is -1.21. The number of carboxylic acids is 1. The Morgan fingerprint density at radius 3 is 2.76 bits per heavy atom. The summed E-state index contributed by atoms with van der Waals surface area (Å²) in [6.07, 6.45) is 1.25. The summed E-state index contributed by atoms with van der Waals surface area (Å²) in [6, 6.07) is 2.29. The number of nitro groups is 1. The van der Waals surface area contributed by atoms with E-state index in [-0.39, 0.29) is 22.9 Å². The van der Waals surface area contributed by atoms with Gasteiger partial charge >= 0.3 is 5.97 Å². The maximum atomic E-state index is 12.1. The lowest BCUT2D eigenvalue weighted by molar-refractivity contribution is -0.384. The van der Waals surface area contributed by atoms with Gasteiger partial charge in [-0.3, -0.25) is 20.0 Å². The lowest BCUT2D eigenvalue weighted by Crippen LogP contribution is -2.16. The van der Waals surface area contributed by atoms with Gasteiger partial charge in [-0.25, -0.2) is 4.79 Å². The van der Waals surface area contributed by atoms with Crippen LogP contribution in [-0.4, -0.2) is 36.7 Å². The number of hydrogen-bond donors (Lipinski definition) is 3. The van der Waals surface area contributed by atoms with Crippen molar-refractivity contribution in [1.82, 2.24) is 14.8 Å². The first-order valence-electron chi connectivity index (χ1n) is 5.87. The largest absolute Gasteiger partial charge is 0.477 e. The fourth-order valence-corrected chi connectivity index (χ4v) is 1.72. The molecule has 2 rings (SSSR count). The Morgan fingerprint density at radius 2 is 2.24 bits per heavy atom. The molecule has 21 heavy (non-hydrogen) atoms. The van der Waals surface area contributed by atoms with Crippen LogP contribution in [0.4, 0.5) is 11.5 Å². The number of anilines is 1. The number of nitrogens with zero attached hydrogens (tertiary/aromatic N) is 3. The number of aromatic amines is 1. The van der Waals surface area contributed by atoms with E-state index in [9.17, 15) is 19.7 Å². The number of aromatic nitrogens is 3. The average molecular weight is 293 g/mol. The van der Waals surface area contributed by atoms with Crippen LogP contribution in [0.3, 0.4) is 0 Å². The van der Waals surface area contributed by atoms with Gasteiger partial charge in [-0.05, 0) is 6.92 Å². The van der Waals surface area contributed by atoms with Crippen LogP contribution in [0.1, 0.15) is 27.9 Å². The number of aryl methyl sites for hydroxylation is 1. The van der Waals surface area contributed by atoms with Crippen LogP contribution in [0.25, 0.3) is 0 Å². The maximum absolute atomic E-state index is 12.1. The van der Waals surface area contributed by atoms with Crippen LogP contribution < -0.4 is 5.32 Å². The van der Waals surface area contributed by atoms with Crippen molar-refractivity contribution in [3.63, 3.8) is 0 Å². The van der Waals surface area contributed by atoms with Gasteiger partial charge < -0.3 is 15.0 Å². The molecule has 10 nitrogen and oxygen atoms in total. The molecule has 2 aromatic heterocycles. The molecule has 0 aromatic carbocycles. The number of carbonyl (C=O) groups excluding carboxylic acids is 1. The van der Waals surface area contributed by atoms with E-state index in [2.05, 4.69) is 15.5 Å². The van der Waals surface area contributed by atoms with Crippen LogP contribution in [0.2, 0.25) is 0 Å². The predicted molar refractivity (Wildman–Crippen MR) is 70.3 cm³/mol. The predicted octanol–water partition coefficient (Wildman–Crippen LogP) is 1.09. The molecule has 2 aromatic rings. The maximum Gasteiger partial charge on any atom is 0.353 e. The molecule has 0 saturated heterocycles. The first-order valence-corrected chi connectivity index (χ1v) is 5.87. The molecule has 0 spiro atoms. The standard InChI is InChI=1S/C11H11N5O5/c1-2-15-5-6(16(20)21)3-8(15)10(17)12-9-4-7(11(18)19)13-14-9/h3-5H,2H2,1H3,(H,18,19)(H2,12,13,14,17). The van der Waals surface area contributed by atoms with Crippen LogP contribution in [0, 0.1) is 10.1 Å². The second-order valence-corrected chi connectivity index (χ2v) is 4.05. The highest BCUT2D eigenvalue weighted by atomic mass is 16.6. The molecule has 1 amide bonds. The average Bonchev–Trinajstić information content (AvgIpc) is 3.04. The van der Waals surface area contributed by atoms with Crippen molar-refractivity contribution in [3.8, 4) is 0 Å². The van der Waals surface area contributed by atoms with Gasteiger partial charge in [0.15, 0.2) is 5.82 Å². The van der Waals surface area contributed by atoms with Crippen molar-refractivity contribution in [2.24, 2.45) is 0 Å².